The molecule has 0 bridgehead atoms. The van der Waals surface area contributed by atoms with Gasteiger partial charge in [-0.2, -0.15) is 5.10 Å². The zero-order chi connectivity index (χ0) is 17.2. The molecular formula is C18H20N4O3. The zero-order valence-electron chi connectivity index (χ0n) is 13.9. The number of hydrogen-bond donors (Lipinski definition) is 0. The third-order valence-corrected chi connectivity index (χ3v) is 4.77. The molecule has 4 rings (SSSR count). The number of carbonyl (C=O) groups is 1. The number of oxazole rings is 1. The molecule has 0 unspecified atom stereocenters. The van der Waals surface area contributed by atoms with E-state index in [-0.39, 0.29) is 18.4 Å². The fourth-order valence-corrected chi connectivity index (χ4v) is 3.49. The summed E-state index contributed by atoms with van der Waals surface area (Å²) in [6.07, 6.45) is 5.98. The van der Waals surface area contributed by atoms with Crippen molar-refractivity contribution in [3.63, 3.8) is 0 Å². The van der Waals surface area contributed by atoms with Crippen molar-refractivity contribution in [1.29, 1.82) is 0 Å². The number of aromatic nitrogens is 3. The van der Waals surface area contributed by atoms with Gasteiger partial charge in [-0.3, -0.25) is 14.0 Å². The van der Waals surface area contributed by atoms with Gasteiger partial charge in [-0.15, -0.1) is 0 Å². The van der Waals surface area contributed by atoms with Crippen LogP contribution in [0.2, 0.25) is 0 Å². The van der Waals surface area contributed by atoms with Gasteiger partial charge in [-0.25, -0.2) is 4.79 Å². The van der Waals surface area contributed by atoms with E-state index in [1.54, 1.807) is 12.3 Å². The Bertz CT molecular complexity index is 925. The Balaban J connectivity index is 1.43. The van der Waals surface area contributed by atoms with Gasteiger partial charge in [0.15, 0.2) is 5.58 Å². The number of aryl methyl sites for hydroxylation is 1. The summed E-state index contributed by atoms with van der Waals surface area (Å²) >= 11 is 0. The number of hydrogen-bond acceptors (Lipinski definition) is 4. The summed E-state index contributed by atoms with van der Waals surface area (Å²) in [5.41, 5.74) is 1.28. The van der Waals surface area contributed by atoms with Crippen molar-refractivity contribution in [2.24, 2.45) is 0 Å². The normalized spacial score (nSPS) is 17.9. The zero-order valence-corrected chi connectivity index (χ0v) is 13.9. The fraction of sp³-hybridized carbons (Fsp3) is 0.389. The smallest absolute Gasteiger partial charge is 0.408 e. The first-order valence-corrected chi connectivity index (χ1v) is 8.57. The van der Waals surface area contributed by atoms with Crippen molar-refractivity contribution in [3.05, 3.63) is 53.3 Å². The molecule has 7 nitrogen and oxygen atoms in total. The van der Waals surface area contributed by atoms with E-state index < -0.39 is 5.76 Å². The van der Waals surface area contributed by atoms with Crippen LogP contribution in [0.1, 0.15) is 25.3 Å². The van der Waals surface area contributed by atoms with Crippen molar-refractivity contribution in [2.75, 3.05) is 13.1 Å². The standard InChI is InChI=1S/C18H20N4O3/c23-17(20-10-3-5-14(13-20)22-11-4-9-19-22)8-12-21-15-6-1-2-7-16(15)25-18(21)24/h1-2,4,6-7,9,11,14H,3,5,8,10,12-13H2/t14-/m1/s1. The van der Waals surface area contributed by atoms with Gasteiger partial charge in [0.2, 0.25) is 5.91 Å². The first-order valence-electron chi connectivity index (χ1n) is 8.57. The fourth-order valence-electron chi connectivity index (χ4n) is 3.49. The van der Waals surface area contributed by atoms with Crippen LogP contribution in [0, 0.1) is 0 Å². The monoisotopic (exact) mass is 340 g/mol. The highest BCUT2D eigenvalue weighted by Crippen LogP contribution is 2.21. The van der Waals surface area contributed by atoms with Crippen LogP contribution in [-0.2, 0) is 11.3 Å². The molecule has 1 aliphatic heterocycles. The number of rotatable bonds is 4. The number of likely N-dealkylation sites (tertiary alicyclic amines) is 1. The average Bonchev–Trinajstić information content (AvgIpc) is 3.27. The van der Waals surface area contributed by atoms with Crippen molar-refractivity contribution in [3.8, 4) is 0 Å². The third kappa shape index (κ3) is 3.09. The third-order valence-electron chi connectivity index (χ3n) is 4.77. The van der Waals surface area contributed by atoms with Crippen LogP contribution < -0.4 is 5.76 Å². The van der Waals surface area contributed by atoms with Crippen LogP contribution in [0.15, 0.2) is 51.9 Å². The maximum Gasteiger partial charge on any atom is 0.419 e. The first kappa shape index (κ1) is 15.7. The van der Waals surface area contributed by atoms with E-state index in [1.807, 2.05) is 40.0 Å². The minimum Gasteiger partial charge on any atom is -0.408 e. The molecule has 1 amide bonds. The van der Waals surface area contributed by atoms with E-state index in [1.165, 1.54) is 4.57 Å². The van der Waals surface area contributed by atoms with Crippen LogP contribution in [-0.4, -0.2) is 38.2 Å². The topological polar surface area (TPSA) is 73.3 Å². The Kier molecular flexibility index (Phi) is 4.13. The lowest BCUT2D eigenvalue weighted by molar-refractivity contribution is -0.133. The van der Waals surface area contributed by atoms with Gasteiger partial charge in [0.1, 0.15) is 0 Å². The molecule has 130 valence electrons. The highest BCUT2D eigenvalue weighted by atomic mass is 16.4. The molecule has 25 heavy (non-hydrogen) atoms. The summed E-state index contributed by atoms with van der Waals surface area (Å²) in [7, 11) is 0. The number of fused-ring (bicyclic) bond motifs is 1. The molecule has 0 saturated carbocycles. The van der Waals surface area contributed by atoms with Crippen LogP contribution in [0.5, 0.6) is 0 Å². The molecule has 1 fully saturated rings. The molecule has 1 saturated heterocycles. The minimum absolute atomic E-state index is 0.0639. The quantitative estimate of drug-likeness (QED) is 0.728. The molecule has 3 heterocycles. The second-order valence-corrected chi connectivity index (χ2v) is 6.36. The van der Waals surface area contributed by atoms with Crippen molar-refractivity contribution in [2.45, 2.75) is 31.8 Å². The molecule has 2 aromatic heterocycles. The van der Waals surface area contributed by atoms with Crippen molar-refractivity contribution >= 4 is 17.0 Å². The summed E-state index contributed by atoms with van der Waals surface area (Å²) in [5.74, 6) is -0.351. The Morgan fingerprint density at radius 3 is 3.00 bits per heavy atom. The highest BCUT2D eigenvalue weighted by Gasteiger charge is 2.25. The van der Waals surface area contributed by atoms with Gasteiger partial charge in [-0.05, 0) is 31.0 Å². The highest BCUT2D eigenvalue weighted by molar-refractivity contribution is 5.77. The Morgan fingerprint density at radius 1 is 1.28 bits per heavy atom. The second-order valence-electron chi connectivity index (χ2n) is 6.36. The van der Waals surface area contributed by atoms with E-state index in [9.17, 15) is 9.59 Å². The van der Waals surface area contributed by atoms with E-state index in [0.29, 0.717) is 18.7 Å². The van der Waals surface area contributed by atoms with Gasteiger partial charge in [-0.1, -0.05) is 12.1 Å². The van der Waals surface area contributed by atoms with Gasteiger partial charge in [0.05, 0.1) is 11.6 Å². The molecule has 0 radical (unpaired) electrons. The predicted molar refractivity (Wildman–Crippen MR) is 92.2 cm³/mol. The van der Waals surface area contributed by atoms with Crippen molar-refractivity contribution < 1.29 is 9.21 Å². The largest absolute Gasteiger partial charge is 0.419 e. The lowest BCUT2D eigenvalue weighted by Gasteiger charge is -2.33. The molecule has 1 atom stereocenters. The van der Waals surface area contributed by atoms with E-state index in [2.05, 4.69) is 5.10 Å². The van der Waals surface area contributed by atoms with Gasteiger partial charge < -0.3 is 9.32 Å². The molecule has 1 aliphatic rings. The number of para-hydroxylation sites is 2. The lowest BCUT2D eigenvalue weighted by Crippen LogP contribution is -2.41. The molecule has 0 N–H and O–H groups in total. The molecule has 3 aromatic rings. The molecule has 0 spiro atoms. The summed E-state index contributed by atoms with van der Waals surface area (Å²) < 4.78 is 8.67. The van der Waals surface area contributed by atoms with Gasteiger partial charge in [0.25, 0.3) is 0 Å². The molecule has 1 aromatic carbocycles. The minimum atomic E-state index is -0.415. The Hall–Kier alpha value is -2.83. The van der Waals surface area contributed by atoms with Crippen LogP contribution in [0.4, 0.5) is 0 Å². The lowest BCUT2D eigenvalue weighted by atomic mass is 10.1. The van der Waals surface area contributed by atoms with Crippen LogP contribution in [0.3, 0.4) is 0 Å². The number of piperidine rings is 1. The van der Waals surface area contributed by atoms with Gasteiger partial charge >= 0.3 is 5.76 Å². The summed E-state index contributed by atoms with van der Waals surface area (Å²) in [4.78, 5) is 26.5. The van der Waals surface area contributed by atoms with Crippen LogP contribution >= 0.6 is 0 Å². The SMILES string of the molecule is O=C(CCn1c(=O)oc2ccccc21)N1CCC[C@@H](n2cccn2)C1. The van der Waals surface area contributed by atoms with Gasteiger partial charge in [0, 0.05) is 38.4 Å². The van der Waals surface area contributed by atoms with E-state index >= 15 is 0 Å². The number of benzene rings is 1. The summed E-state index contributed by atoms with van der Waals surface area (Å²) in [6, 6.07) is 9.40. The molecular weight excluding hydrogens is 320 g/mol. The van der Waals surface area contributed by atoms with Crippen LogP contribution in [0.25, 0.3) is 11.1 Å². The Labute approximate surface area is 144 Å². The summed E-state index contributed by atoms with van der Waals surface area (Å²) in [5, 5.41) is 4.29. The second kappa shape index (κ2) is 6.58. The van der Waals surface area contributed by atoms with Crippen molar-refractivity contribution in [1.82, 2.24) is 19.2 Å². The number of nitrogens with zero attached hydrogens (tertiary/aromatic N) is 4. The predicted octanol–water partition coefficient (Wildman–Crippen LogP) is 2.04. The van der Waals surface area contributed by atoms with E-state index in [4.69, 9.17) is 4.42 Å². The molecule has 7 heteroatoms. The Morgan fingerprint density at radius 2 is 2.16 bits per heavy atom. The maximum absolute atomic E-state index is 12.6. The number of amides is 1. The molecule has 0 aliphatic carbocycles. The average molecular weight is 340 g/mol. The summed E-state index contributed by atoms with van der Waals surface area (Å²) in [6.45, 7) is 1.76. The number of carbonyl (C=O) groups excluding carboxylic acids is 1. The van der Waals surface area contributed by atoms with E-state index in [0.717, 1.165) is 24.9 Å². The maximum atomic E-state index is 12.6. The first-order chi connectivity index (χ1) is 12.2.